The first-order valence-electron chi connectivity index (χ1n) is 10.8. The Morgan fingerprint density at radius 2 is 1.76 bits per heavy atom. The van der Waals surface area contributed by atoms with Crippen molar-refractivity contribution in [1.82, 2.24) is 15.0 Å². The molecule has 1 heterocycles. The van der Waals surface area contributed by atoms with E-state index in [0.717, 1.165) is 19.3 Å². The number of carbonyl (C=O) groups is 2. The Kier molecular flexibility index (Phi) is 8.56. The lowest BCUT2D eigenvalue weighted by molar-refractivity contribution is -0.120. The highest BCUT2D eigenvalue weighted by Crippen LogP contribution is 2.21. The van der Waals surface area contributed by atoms with Gasteiger partial charge < -0.3 is 10.1 Å². The topological polar surface area (TPSA) is 117 Å². The van der Waals surface area contributed by atoms with Crippen molar-refractivity contribution in [2.24, 2.45) is 5.10 Å². The summed E-state index contributed by atoms with van der Waals surface area (Å²) in [5.74, 6) is -0.340. The summed E-state index contributed by atoms with van der Waals surface area (Å²) in [6.07, 6.45) is 4.20. The minimum atomic E-state index is -3.56. The second-order valence-electron chi connectivity index (χ2n) is 7.44. The number of piperidine rings is 1. The number of amides is 2. The van der Waals surface area contributed by atoms with Crippen molar-refractivity contribution in [3.63, 3.8) is 0 Å². The molecule has 0 bridgehead atoms. The summed E-state index contributed by atoms with van der Waals surface area (Å²) in [7, 11) is -3.56. The highest BCUT2D eigenvalue weighted by Gasteiger charge is 2.25. The maximum atomic E-state index is 12.7. The number of ether oxygens (including phenoxy) is 1. The lowest BCUT2D eigenvalue weighted by Crippen LogP contribution is -2.36. The highest BCUT2D eigenvalue weighted by molar-refractivity contribution is 7.89. The Morgan fingerprint density at radius 1 is 1.06 bits per heavy atom. The largest absolute Gasteiger partial charge is 0.493 e. The van der Waals surface area contributed by atoms with Crippen LogP contribution in [0.4, 0.5) is 0 Å². The minimum Gasteiger partial charge on any atom is -0.493 e. The lowest BCUT2D eigenvalue weighted by Gasteiger charge is -2.25. The van der Waals surface area contributed by atoms with Gasteiger partial charge in [0.25, 0.3) is 11.8 Å². The molecule has 2 aromatic carbocycles. The van der Waals surface area contributed by atoms with Gasteiger partial charge in [-0.1, -0.05) is 18.6 Å². The molecule has 1 fully saturated rings. The molecule has 2 N–H and O–H groups in total. The number of carbonyl (C=O) groups excluding carboxylic acids is 2. The van der Waals surface area contributed by atoms with E-state index in [4.69, 9.17) is 4.74 Å². The van der Waals surface area contributed by atoms with Crippen LogP contribution < -0.4 is 15.5 Å². The van der Waals surface area contributed by atoms with E-state index in [1.807, 2.05) is 19.1 Å². The van der Waals surface area contributed by atoms with Crippen LogP contribution in [0.5, 0.6) is 5.75 Å². The fraction of sp³-hybridized carbons (Fsp3) is 0.348. The number of sulfonamides is 1. The molecule has 0 radical (unpaired) electrons. The van der Waals surface area contributed by atoms with Gasteiger partial charge in [0.2, 0.25) is 10.0 Å². The average molecular weight is 473 g/mol. The van der Waals surface area contributed by atoms with Crippen molar-refractivity contribution in [2.45, 2.75) is 31.1 Å². The summed E-state index contributed by atoms with van der Waals surface area (Å²) in [4.78, 5) is 24.5. The number of nitrogens with zero attached hydrogens (tertiary/aromatic N) is 2. The number of hydrogen-bond donors (Lipinski definition) is 2. The monoisotopic (exact) mass is 472 g/mol. The van der Waals surface area contributed by atoms with E-state index in [1.54, 1.807) is 12.1 Å². The van der Waals surface area contributed by atoms with Crippen molar-refractivity contribution in [1.29, 1.82) is 0 Å². The molecule has 0 aromatic heterocycles. The smallest absolute Gasteiger partial charge is 0.259 e. The SMILES string of the molecule is CCOc1ccccc1C=NNC(=O)CNC(=O)c1ccc(S(=O)(=O)N2CCCCC2)cc1. The summed E-state index contributed by atoms with van der Waals surface area (Å²) >= 11 is 0. The number of hydrogen-bond acceptors (Lipinski definition) is 6. The normalized spacial score (nSPS) is 14.7. The van der Waals surface area contributed by atoms with Crippen LogP contribution in [0, 0.1) is 0 Å². The third kappa shape index (κ3) is 6.62. The van der Waals surface area contributed by atoms with Crippen molar-refractivity contribution >= 4 is 28.1 Å². The molecule has 0 spiro atoms. The van der Waals surface area contributed by atoms with E-state index in [0.29, 0.717) is 31.0 Å². The van der Waals surface area contributed by atoms with E-state index in [2.05, 4.69) is 15.8 Å². The molecule has 33 heavy (non-hydrogen) atoms. The van der Waals surface area contributed by atoms with Gasteiger partial charge in [-0.05, 0) is 56.2 Å². The summed E-state index contributed by atoms with van der Waals surface area (Å²) in [5, 5.41) is 6.38. The molecule has 0 atom stereocenters. The van der Waals surface area contributed by atoms with Gasteiger partial charge in [-0.15, -0.1) is 0 Å². The van der Waals surface area contributed by atoms with E-state index in [-0.39, 0.29) is 17.0 Å². The van der Waals surface area contributed by atoms with Crippen LogP contribution in [0.15, 0.2) is 58.5 Å². The zero-order valence-electron chi connectivity index (χ0n) is 18.5. The predicted molar refractivity (Wildman–Crippen MR) is 125 cm³/mol. The molecule has 10 heteroatoms. The first-order valence-corrected chi connectivity index (χ1v) is 12.3. The second kappa shape index (κ2) is 11.6. The van der Waals surface area contributed by atoms with Gasteiger partial charge >= 0.3 is 0 Å². The molecule has 2 amide bonds. The van der Waals surface area contributed by atoms with E-state index >= 15 is 0 Å². The van der Waals surface area contributed by atoms with Crippen LogP contribution in [0.3, 0.4) is 0 Å². The molecular weight excluding hydrogens is 444 g/mol. The first kappa shape index (κ1) is 24.4. The van der Waals surface area contributed by atoms with Gasteiger partial charge in [-0.3, -0.25) is 9.59 Å². The van der Waals surface area contributed by atoms with Crippen LogP contribution in [0.25, 0.3) is 0 Å². The van der Waals surface area contributed by atoms with Crippen LogP contribution in [-0.4, -0.2) is 57.0 Å². The van der Waals surface area contributed by atoms with Crippen molar-refractivity contribution in [2.75, 3.05) is 26.2 Å². The Morgan fingerprint density at radius 3 is 2.45 bits per heavy atom. The van der Waals surface area contributed by atoms with Gasteiger partial charge in [-0.2, -0.15) is 9.41 Å². The van der Waals surface area contributed by atoms with Crippen molar-refractivity contribution in [3.05, 3.63) is 59.7 Å². The van der Waals surface area contributed by atoms with E-state index < -0.39 is 21.8 Å². The van der Waals surface area contributed by atoms with Gasteiger partial charge in [0.15, 0.2) is 0 Å². The molecule has 1 aliphatic heterocycles. The number of nitrogens with one attached hydrogen (secondary N) is 2. The molecule has 0 saturated carbocycles. The number of benzene rings is 2. The molecule has 1 saturated heterocycles. The maximum Gasteiger partial charge on any atom is 0.259 e. The fourth-order valence-electron chi connectivity index (χ4n) is 3.38. The predicted octanol–water partition coefficient (Wildman–Crippen LogP) is 2.14. The number of rotatable bonds is 9. The van der Waals surface area contributed by atoms with Crippen LogP contribution >= 0.6 is 0 Å². The van der Waals surface area contributed by atoms with Crippen molar-refractivity contribution in [3.8, 4) is 5.75 Å². The molecule has 9 nitrogen and oxygen atoms in total. The minimum absolute atomic E-state index is 0.153. The number of para-hydroxylation sites is 1. The third-order valence-electron chi connectivity index (χ3n) is 5.09. The number of hydrazone groups is 1. The summed E-state index contributed by atoms with van der Waals surface area (Å²) < 4.78 is 32.4. The molecule has 176 valence electrons. The van der Waals surface area contributed by atoms with Crippen LogP contribution in [0.2, 0.25) is 0 Å². The van der Waals surface area contributed by atoms with Crippen LogP contribution in [0.1, 0.15) is 42.1 Å². The quantitative estimate of drug-likeness (QED) is 0.428. The molecule has 0 aliphatic carbocycles. The average Bonchev–Trinajstić information content (AvgIpc) is 2.84. The zero-order chi connectivity index (χ0) is 23.7. The molecular formula is C23H28N4O5S. The Hall–Kier alpha value is -3.24. The second-order valence-corrected chi connectivity index (χ2v) is 9.37. The molecule has 1 aliphatic rings. The lowest BCUT2D eigenvalue weighted by atomic mass is 10.2. The first-order chi connectivity index (χ1) is 15.9. The standard InChI is InChI=1S/C23H28N4O5S/c1-2-32-21-9-5-4-8-19(21)16-25-26-22(28)17-24-23(29)18-10-12-20(13-11-18)33(30,31)27-14-6-3-7-15-27/h4-5,8-13,16H,2-3,6-7,14-15,17H2,1H3,(H,24,29)(H,26,28). The summed E-state index contributed by atoms with van der Waals surface area (Å²) in [5.41, 5.74) is 3.32. The molecule has 3 rings (SSSR count). The maximum absolute atomic E-state index is 12.7. The highest BCUT2D eigenvalue weighted by atomic mass is 32.2. The van der Waals surface area contributed by atoms with E-state index in [1.165, 1.54) is 34.8 Å². The fourth-order valence-corrected chi connectivity index (χ4v) is 4.90. The zero-order valence-corrected chi connectivity index (χ0v) is 19.3. The summed E-state index contributed by atoms with van der Waals surface area (Å²) in [6.45, 7) is 3.13. The Labute approximate surface area is 193 Å². The molecule has 0 unspecified atom stereocenters. The van der Waals surface area contributed by atoms with Gasteiger partial charge in [0.05, 0.1) is 24.3 Å². The van der Waals surface area contributed by atoms with Gasteiger partial charge in [0.1, 0.15) is 5.75 Å². The van der Waals surface area contributed by atoms with Crippen LogP contribution in [-0.2, 0) is 14.8 Å². The van der Waals surface area contributed by atoms with Gasteiger partial charge in [0, 0.05) is 24.2 Å². The Bertz CT molecular complexity index is 1090. The third-order valence-corrected chi connectivity index (χ3v) is 7.00. The van der Waals surface area contributed by atoms with Gasteiger partial charge in [-0.25, -0.2) is 13.8 Å². The van der Waals surface area contributed by atoms with E-state index in [9.17, 15) is 18.0 Å². The summed E-state index contributed by atoms with van der Waals surface area (Å²) in [6, 6.07) is 13.0. The van der Waals surface area contributed by atoms with Crippen molar-refractivity contribution < 1.29 is 22.7 Å². The molecule has 2 aromatic rings. The Balaban J connectivity index is 1.51.